The molecule has 0 aliphatic carbocycles. The third-order valence-corrected chi connectivity index (χ3v) is 5.38. The summed E-state index contributed by atoms with van der Waals surface area (Å²) in [4.78, 5) is 22.6. The van der Waals surface area contributed by atoms with Gasteiger partial charge in [0, 0.05) is 25.1 Å². The van der Waals surface area contributed by atoms with E-state index in [9.17, 15) is 14.9 Å². The molecule has 0 unspecified atom stereocenters. The van der Waals surface area contributed by atoms with Crippen LogP contribution in [-0.4, -0.2) is 31.3 Å². The van der Waals surface area contributed by atoms with Gasteiger partial charge in [-0.15, -0.1) is 10.2 Å². The van der Waals surface area contributed by atoms with E-state index in [-0.39, 0.29) is 28.1 Å². The van der Waals surface area contributed by atoms with Crippen molar-refractivity contribution >= 4 is 40.6 Å². The second-order valence-electron chi connectivity index (χ2n) is 6.06. The first kappa shape index (κ1) is 20.8. The maximum absolute atomic E-state index is 12.3. The van der Waals surface area contributed by atoms with Crippen molar-refractivity contribution in [1.82, 2.24) is 14.8 Å². The molecule has 3 rings (SSSR count). The van der Waals surface area contributed by atoms with E-state index in [1.54, 1.807) is 0 Å². The van der Waals surface area contributed by atoms with Crippen LogP contribution >= 0.6 is 23.4 Å². The molecule has 0 aliphatic heterocycles. The number of hydrogen-bond acceptors (Lipinski definition) is 6. The van der Waals surface area contributed by atoms with Crippen LogP contribution in [0.1, 0.15) is 18.3 Å². The summed E-state index contributed by atoms with van der Waals surface area (Å²) in [7, 11) is 0. The minimum absolute atomic E-state index is 0.0719. The van der Waals surface area contributed by atoms with Crippen LogP contribution in [0.25, 0.3) is 0 Å². The van der Waals surface area contributed by atoms with Crippen LogP contribution in [0.15, 0.2) is 53.7 Å². The minimum Gasteiger partial charge on any atom is -0.324 e. The Morgan fingerprint density at radius 3 is 2.69 bits per heavy atom. The average Bonchev–Trinajstić information content (AvgIpc) is 3.10. The van der Waals surface area contributed by atoms with Crippen molar-refractivity contribution in [3.63, 3.8) is 0 Å². The maximum Gasteiger partial charge on any atom is 0.271 e. The molecule has 2 aromatic carbocycles. The minimum atomic E-state index is -0.543. The van der Waals surface area contributed by atoms with Gasteiger partial charge in [0.1, 0.15) is 5.82 Å². The molecule has 10 heteroatoms. The molecule has 1 amide bonds. The first-order valence-corrected chi connectivity index (χ1v) is 10.2. The normalized spacial score (nSPS) is 10.7. The molecule has 1 aromatic heterocycles. The molecular formula is C19H18ClN5O3S. The molecule has 0 atom stereocenters. The highest BCUT2D eigenvalue weighted by Crippen LogP contribution is 2.27. The van der Waals surface area contributed by atoms with Crippen molar-refractivity contribution in [2.75, 3.05) is 11.1 Å². The average molecular weight is 432 g/mol. The molecule has 1 N–H and O–H groups in total. The lowest BCUT2D eigenvalue weighted by Gasteiger charge is -2.09. The Hall–Kier alpha value is -2.91. The number of rotatable bonds is 8. The van der Waals surface area contributed by atoms with E-state index in [0.717, 1.165) is 11.4 Å². The van der Waals surface area contributed by atoms with Gasteiger partial charge in [0.15, 0.2) is 5.16 Å². The number of hydrogen-bond donors (Lipinski definition) is 1. The molecule has 29 heavy (non-hydrogen) atoms. The Balaban J connectivity index is 1.65. The number of halogens is 1. The second kappa shape index (κ2) is 9.53. The van der Waals surface area contributed by atoms with Crippen LogP contribution in [0.5, 0.6) is 0 Å². The number of nitro groups is 1. The van der Waals surface area contributed by atoms with Gasteiger partial charge in [0.25, 0.3) is 5.69 Å². The molecule has 150 valence electrons. The number of anilines is 1. The zero-order chi connectivity index (χ0) is 20.8. The van der Waals surface area contributed by atoms with Gasteiger partial charge in [-0.25, -0.2) is 0 Å². The highest BCUT2D eigenvalue weighted by atomic mass is 35.5. The summed E-state index contributed by atoms with van der Waals surface area (Å²) in [6, 6.07) is 13.9. The van der Waals surface area contributed by atoms with Gasteiger partial charge in [-0.1, -0.05) is 53.7 Å². The van der Waals surface area contributed by atoms with Gasteiger partial charge in [0.05, 0.1) is 21.4 Å². The summed E-state index contributed by atoms with van der Waals surface area (Å²) in [5.41, 5.74) is 1.19. The first-order valence-electron chi connectivity index (χ1n) is 8.80. The monoisotopic (exact) mass is 431 g/mol. The maximum atomic E-state index is 12.3. The smallest absolute Gasteiger partial charge is 0.271 e. The van der Waals surface area contributed by atoms with Gasteiger partial charge < -0.3 is 9.88 Å². The topological polar surface area (TPSA) is 103 Å². The highest BCUT2D eigenvalue weighted by Gasteiger charge is 2.15. The lowest BCUT2D eigenvalue weighted by molar-refractivity contribution is -0.384. The highest BCUT2D eigenvalue weighted by molar-refractivity contribution is 7.99. The third-order valence-electron chi connectivity index (χ3n) is 4.08. The Morgan fingerprint density at radius 1 is 1.24 bits per heavy atom. The van der Waals surface area contributed by atoms with Crippen LogP contribution in [0.3, 0.4) is 0 Å². The molecule has 0 fully saturated rings. The molecule has 1 heterocycles. The van der Waals surface area contributed by atoms with Crippen molar-refractivity contribution in [2.45, 2.75) is 25.0 Å². The number of aromatic nitrogens is 3. The SMILES string of the molecule is CCn1c(Cc2ccccc2)nnc1SCC(=O)Nc1cc([N+](=O)[O-])ccc1Cl. The number of amides is 1. The Morgan fingerprint density at radius 2 is 2.00 bits per heavy atom. The van der Waals surface area contributed by atoms with E-state index in [4.69, 9.17) is 11.6 Å². The summed E-state index contributed by atoms with van der Waals surface area (Å²) >= 11 is 7.27. The lowest BCUT2D eigenvalue weighted by Crippen LogP contribution is -2.15. The number of carbonyl (C=O) groups excluding carboxylic acids is 1. The van der Waals surface area contributed by atoms with Crippen molar-refractivity contribution in [2.24, 2.45) is 0 Å². The van der Waals surface area contributed by atoms with Crippen LogP contribution in [0, 0.1) is 10.1 Å². The molecule has 0 radical (unpaired) electrons. The fourth-order valence-electron chi connectivity index (χ4n) is 2.69. The Kier molecular flexibility index (Phi) is 6.84. The fraction of sp³-hybridized carbons (Fsp3) is 0.211. The zero-order valence-electron chi connectivity index (χ0n) is 15.5. The van der Waals surface area contributed by atoms with Crippen molar-refractivity contribution in [1.29, 1.82) is 0 Å². The van der Waals surface area contributed by atoms with Gasteiger partial charge in [-0.3, -0.25) is 14.9 Å². The van der Waals surface area contributed by atoms with Gasteiger partial charge in [0.2, 0.25) is 5.91 Å². The van der Waals surface area contributed by atoms with E-state index in [2.05, 4.69) is 15.5 Å². The molecule has 8 nitrogen and oxygen atoms in total. The fourth-order valence-corrected chi connectivity index (χ4v) is 3.68. The van der Waals surface area contributed by atoms with E-state index < -0.39 is 4.92 Å². The summed E-state index contributed by atoms with van der Waals surface area (Å²) < 4.78 is 1.96. The number of nitrogens with zero attached hydrogens (tertiary/aromatic N) is 4. The molecule has 0 bridgehead atoms. The molecule has 0 aliphatic rings. The predicted octanol–water partition coefficient (Wildman–Crippen LogP) is 4.18. The summed E-state index contributed by atoms with van der Waals surface area (Å²) in [5.74, 6) is 0.554. The van der Waals surface area contributed by atoms with Gasteiger partial charge in [-0.2, -0.15) is 0 Å². The number of non-ortho nitro benzene ring substituents is 1. The summed E-state index contributed by atoms with van der Waals surface area (Å²) in [5, 5.41) is 22.8. The van der Waals surface area contributed by atoms with Gasteiger partial charge >= 0.3 is 0 Å². The largest absolute Gasteiger partial charge is 0.324 e. The lowest BCUT2D eigenvalue weighted by atomic mass is 10.1. The number of thioether (sulfide) groups is 1. The molecular weight excluding hydrogens is 414 g/mol. The summed E-state index contributed by atoms with van der Waals surface area (Å²) in [6.07, 6.45) is 0.651. The number of nitro benzene ring substituents is 1. The van der Waals surface area contributed by atoms with E-state index in [1.165, 1.54) is 30.0 Å². The van der Waals surface area contributed by atoms with Crippen LogP contribution < -0.4 is 5.32 Å². The summed E-state index contributed by atoms with van der Waals surface area (Å²) in [6.45, 7) is 2.67. The molecule has 0 saturated heterocycles. The van der Waals surface area contributed by atoms with Crippen molar-refractivity contribution < 1.29 is 9.72 Å². The van der Waals surface area contributed by atoms with Crippen molar-refractivity contribution in [3.05, 3.63) is 75.1 Å². The van der Waals surface area contributed by atoms with Crippen LogP contribution in [0.4, 0.5) is 11.4 Å². The zero-order valence-corrected chi connectivity index (χ0v) is 17.1. The quantitative estimate of drug-likeness (QED) is 0.326. The molecule has 0 spiro atoms. The third kappa shape index (κ3) is 5.33. The van der Waals surface area contributed by atoms with E-state index in [1.807, 2.05) is 41.8 Å². The standard InChI is InChI=1S/C19H18ClN5O3S/c1-2-24-17(10-13-6-4-3-5-7-13)22-23-19(24)29-12-18(26)21-16-11-14(25(27)28)8-9-15(16)20/h3-9,11H,2,10,12H2,1H3,(H,21,26). The van der Waals surface area contributed by atoms with Crippen LogP contribution in [0.2, 0.25) is 5.02 Å². The number of nitrogens with one attached hydrogen (secondary N) is 1. The molecule has 0 saturated carbocycles. The first-order chi connectivity index (χ1) is 14.0. The molecule has 3 aromatic rings. The Bertz CT molecular complexity index is 1030. The predicted molar refractivity (Wildman–Crippen MR) is 112 cm³/mol. The van der Waals surface area contributed by atoms with Crippen molar-refractivity contribution in [3.8, 4) is 0 Å². The number of benzene rings is 2. The number of carbonyl (C=O) groups is 1. The second-order valence-corrected chi connectivity index (χ2v) is 7.41. The van der Waals surface area contributed by atoms with E-state index in [0.29, 0.717) is 18.1 Å². The Labute approximate surface area is 176 Å². The van der Waals surface area contributed by atoms with E-state index >= 15 is 0 Å². The van der Waals surface area contributed by atoms with Gasteiger partial charge in [-0.05, 0) is 18.6 Å². The van der Waals surface area contributed by atoms with Crippen LogP contribution in [-0.2, 0) is 17.8 Å².